The summed E-state index contributed by atoms with van der Waals surface area (Å²) in [7, 11) is 1.64. The lowest BCUT2D eigenvalue weighted by atomic mass is 10.1. The number of hydrogen-bond donors (Lipinski definition) is 2. The second-order valence-electron chi connectivity index (χ2n) is 6.23. The van der Waals surface area contributed by atoms with Crippen molar-refractivity contribution < 1.29 is 14.7 Å². The lowest BCUT2D eigenvalue weighted by Crippen LogP contribution is -2.21. The third-order valence-electron chi connectivity index (χ3n) is 4.12. The molecule has 1 aromatic carbocycles. The highest BCUT2D eigenvalue weighted by atomic mass is 16.3. The summed E-state index contributed by atoms with van der Waals surface area (Å²) >= 11 is 0. The number of nitrogens with zero attached hydrogens (tertiary/aromatic N) is 4. The molecule has 142 valence electrons. The Kier molecular flexibility index (Phi) is 5.67. The molecule has 2 amide bonds. The SMILES string of the molecule is CN(C=O)CCC(O)C#Cc1cccc(-n2nc(C(N)=O)c3cnccc32)c1. The highest BCUT2D eigenvalue weighted by Crippen LogP contribution is 2.21. The quantitative estimate of drug-likeness (QED) is 0.485. The van der Waals surface area contributed by atoms with Crippen LogP contribution < -0.4 is 5.73 Å². The monoisotopic (exact) mass is 377 g/mol. The molecule has 0 spiro atoms. The molecule has 1 atom stereocenters. The number of aliphatic hydroxyl groups is 1. The van der Waals surface area contributed by atoms with Crippen LogP contribution >= 0.6 is 0 Å². The molecule has 8 nitrogen and oxygen atoms in total. The van der Waals surface area contributed by atoms with Crippen LogP contribution in [0.4, 0.5) is 0 Å². The highest BCUT2D eigenvalue weighted by Gasteiger charge is 2.15. The molecule has 3 N–H and O–H groups in total. The van der Waals surface area contributed by atoms with Crippen LogP contribution in [-0.4, -0.2) is 56.8 Å². The van der Waals surface area contributed by atoms with E-state index >= 15 is 0 Å². The Labute approximate surface area is 161 Å². The first-order chi connectivity index (χ1) is 13.5. The van der Waals surface area contributed by atoms with Gasteiger partial charge in [0, 0.05) is 38.0 Å². The number of carbonyl (C=O) groups is 2. The Hall–Kier alpha value is -3.70. The van der Waals surface area contributed by atoms with Crippen LogP contribution in [0.25, 0.3) is 16.6 Å². The van der Waals surface area contributed by atoms with Crippen LogP contribution in [0.3, 0.4) is 0 Å². The molecule has 8 heteroatoms. The molecule has 2 heterocycles. The minimum absolute atomic E-state index is 0.148. The van der Waals surface area contributed by atoms with Crippen molar-refractivity contribution >= 4 is 23.2 Å². The fraction of sp³-hybridized carbons (Fsp3) is 0.200. The molecular weight excluding hydrogens is 358 g/mol. The summed E-state index contributed by atoms with van der Waals surface area (Å²) < 4.78 is 1.61. The van der Waals surface area contributed by atoms with Crippen molar-refractivity contribution in [2.75, 3.05) is 13.6 Å². The van der Waals surface area contributed by atoms with E-state index in [9.17, 15) is 14.7 Å². The Morgan fingerprint density at radius 2 is 2.25 bits per heavy atom. The maximum Gasteiger partial charge on any atom is 0.269 e. The van der Waals surface area contributed by atoms with Gasteiger partial charge in [-0.2, -0.15) is 5.10 Å². The second-order valence-corrected chi connectivity index (χ2v) is 6.23. The first-order valence-electron chi connectivity index (χ1n) is 8.57. The van der Waals surface area contributed by atoms with E-state index in [0.29, 0.717) is 41.5 Å². The molecule has 2 aromatic heterocycles. The zero-order valence-electron chi connectivity index (χ0n) is 15.2. The lowest BCUT2D eigenvalue weighted by Gasteiger charge is -2.10. The predicted molar refractivity (Wildman–Crippen MR) is 104 cm³/mol. The summed E-state index contributed by atoms with van der Waals surface area (Å²) in [5.74, 6) is 5.06. The van der Waals surface area contributed by atoms with Crippen molar-refractivity contribution in [1.82, 2.24) is 19.7 Å². The number of aliphatic hydroxyl groups excluding tert-OH is 1. The standard InChI is InChI=1S/C20H19N5O3/c1-24(13-26)10-8-16(27)6-5-14-3-2-4-15(11-14)25-18-7-9-22-12-17(18)19(23-25)20(21)28/h2-4,7,9,11-13,16,27H,8,10H2,1H3,(H2,21,28). The number of nitrogens with two attached hydrogens (primary N) is 1. The number of pyridine rings is 1. The molecular formula is C20H19N5O3. The van der Waals surface area contributed by atoms with Crippen LogP contribution in [0.2, 0.25) is 0 Å². The van der Waals surface area contributed by atoms with E-state index in [1.165, 1.54) is 4.90 Å². The number of fused-ring (bicyclic) bond motifs is 1. The molecule has 3 aromatic rings. The van der Waals surface area contributed by atoms with Crippen molar-refractivity contribution in [3.8, 4) is 17.5 Å². The van der Waals surface area contributed by atoms with Crippen LogP contribution in [0.1, 0.15) is 22.5 Å². The van der Waals surface area contributed by atoms with Crippen LogP contribution in [0.15, 0.2) is 42.7 Å². The summed E-state index contributed by atoms with van der Waals surface area (Å²) in [5, 5.41) is 14.8. The number of amides is 2. The van der Waals surface area contributed by atoms with E-state index in [-0.39, 0.29) is 5.69 Å². The summed E-state index contributed by atoms with van der Waals surface area (Å²) in [5.41, 5.74) is 7.65. The molecule has 3 rings (SSSR count). The molecule has 1 unspecified atom stereocenters. The molecule has 28 heavy (non-hydrogen) atoms. The molecule has 0 saturated heterocycles. The molecule has 0 aliphatic carbocycles. The van der Waals surface area contributed by atoms with Crippen LogP contribution in [0.5, 0.6) is 0 Å². The fourth-order valence-electron chi connectivity index (χ4n) is 2.67. The number of benzene rings is 1. The van der Waals surface area contributed by atoms with E-state index < -0.39 is 12.0 Å². The summed E-state index contributed by atoms with van der Waals surface area (Å²) in [4.78, 5) is 27.7. The van der Waals surface area contributed by atoms with E-state index in [1.807, 2.05) is 18.2 Å². The average Bonchev–Trinajstić information content (AvgIpc) is 3.10. The van der Waals surface area contributed by atoms with E-state index in [4.69, 9.17) is 5.73 Å². The summed E-state index contributed by atoms with van der Waals surface area (Å²) in [6.45, 7) is 0.419. The number of hydrogen-bond acceptors (Lipinski definition) is 5. The lowest BCUT2D eigenvalue weighted by molar-refractivity contribution is -0.117. The van der Waals surface area contributed by atoms with Gasteiger partial charge in [0.15, 0.2) is 5.69 Å². The van der Waals surface area contributed by atoms with Crippen LogP contribution in [-0.2, 0) is 4.79 Å². The van der Waals surface area contributed by atoms with Gasteiger partial charge in [0.05, 0.1) is 16.6 Å². The van der Waals surface area contributed by atoms with E-state index in [2.05, 4.69) is 21.9 Å². The maximum atomic E-state index is 11.7. The van der Waals surface area contributed by atoms with Crippen molar-refractivity contribution in [3.05, 3.63) is 54.0 Å². The molecule has 0 radical (unpaired) electrons. The van der Waals surface area contributed by atoms with E-state index in [0.717, 1.165) is 0 Å². The largest absolute Gasteiger partial charge is 0.380 e. The Morgan fingerprint density at radius 1 is 1.43 bits per heavy atom. The number of primary amides is 1. The van der Waals surface area contributed by atoms with E-state index in [1.54, 1.807) is 36.3 Å². The van der Waals surface area contributed by atoms with Gasteiger partial charge in [-0.15, -0.1) is 0 Å². The van der Waals surface area contributed by atoms with Crippen LogP contribution in [0, 0.1) is 11.8 Å². The normalized spacial score (nSPS) is 11.5. The fourth-order valence-corrected chi connectivity index (χ4v) is 2.67. The third kappa shape index (κ3) is 4.16. The number of carbonyl (C=O) groups excluding carboxylic acids is 2. The second kappa shape index (κ2) is 8.33. The summed E-state index contributed by atoms with van der Waals surface area (Å²) in [6, 6.07) is 9.00. The minimum Gasteiger partial charge on any atom is -0.380 e. The van der Waals surface area contributed by atoms with Gasteiger partial charge < -0.3 is 15.7 Å². The maximum absolute atomic E-state index is 11.7. The average molecular weight is 377 g/mol. The predicted octanol–water partition coefficient (Wildman–Crippen LogP) is 0.710. The molecule has 0 bridgehead atoms. The van der Waals surface area contributed by atoms with Crippen molar-refractivity contribution in [1.29, 1.82) is 0 Å². The van der Waals surface area contributed by atoms with Crippen molar-refractivity contribution in [2.45, 2.75) is 12.5 Å². The smallest absolute Gasteiger partial charge is 0.269 e. The third-order valence-corrected chi connectivity index (χ3v) is 4.12. The van der Waals surface area contributed by atoms with Crippen molar-refractivity contribution in [3.63, 3.8) is 0 Å². The Bertz CT molecular complexity index is 1080. The van der Waals surface area contributed by atoms with Gasteiger partial charge in [-0.05, 0) is 24.3 Å². The topological polar surface area (TPSA) is 114 Å². The number of rotatable bonds is 6. The van der Waals surface area contributed by atoms with Gasteiger partial charge in [0.25, 0.3) is 5.91 Å². The molecule has 0 fully saturated rings. The zero-order chi connectivity index (χ0) is 20.1. The first-order valence-corrected chi connectivity index (χ1v) is 8.57. The van der Waals surface area contributed by atoms with Gasteiger partial charge in [-0.3, -0.25) is 14.6 Å². The van der Waals surface area contributed by atoms with Crippen molar-refractivity contribution in [2.24, 2.45) is 5.73 Å². The molecule has 0 saturated carbocycles. The number of aromatic nitrogens is 3. The van der Waals surface area contributed by atoms with Gasteiger partial charge in [0.2, 0.25) is 6.41 Å². The Morgan fingerprint density at radius 3 is 3.00 bits per heavy atom. The van der Waals surface area contributed by atoms with Gasteiger partial charge in [-0.25, -0.2) is 4.68 Å². The first kappa shape index (κ1) is 19.1. The Balaban J connectivity index is 1.89. The van der Waals surface area contributed by atoms with Gasteiger partial charge >= 0.3 is 0 Å². The van der Waals surface area contributed by atoms with Gasteiger partial charge in [-0.1, -0.05) is 17.9 Å². The molecule has 0 aliphatic heterocycles. The summed E-state index contributed by atoms with van der Waals surface area (Å²) in [6.07, 6.45) is 3.38. The highest BCUT2D eigenvalue weighted by molar-refractivity contribution is 6.04. The minimum atomic E-state index is -0.843. The molecule has 0 aliphatic rings. The van der Waals surface area contributed by atoms with Gasteiger partial charge in [0.1, 0.15) is 6.10 Å². The zero-order valence-corrected chi connectivity index (χ0v) is 15.2.